The number of hydrogen-bond donors (Lipinski definition) is 0. The van der Waals surface area contributed by atoms with Gasteiger partial charge in [-0.2, -0.15) is 5.10 Å². The summed E-state index contributed by atoms with van der Waals surface area (Å²) in [6.07, 6.45) is 2.97. The van der Waals surface area contributed by atoms with E-state index in [2.05, 4.69) is 33.0 Å². The highest BCUT2D eigenvalue weighted by atomic mass is 79.9. The Bertz CT molecular complexity index is 326. The van der Waals surface area contributed by atoms with Gasteiger partial charge in [0.05, 0.1) is 6.20 Å². The summed E-state index contributed by atoms with van der Waals surface area (Å²) in [5, 5.41) is 4.09. The van der Waals surface area contributed by atoms with Crippen molar-refractivity contribution in [2.75, 3.05) is 20.2 Å². The largest absolute Gasteiger partial charge is 0.487 e. The third-order valence-corrected chi connectivity index (χ3v) is 3.61. The normalized spacial score (nSPS) is 22.1. The van der Waals surface area contributed by atoms with Crippen molar-refractivity contribution in [2.45, 2.75) is 12.5 Å². The van der Waals surface area contributed by atoms with Crippen LogP contribution < -0.4 is 4.74 Å². The van der Waals surface area contributed by atoms with Gasteiger partial charge in [0.25, 0.3) is 0 Å². The molecule has 1 aromatic heterocycles. The molecule has 0 spiro atoms. The smallest absolute Gasteiger partial charge is 0.171 e. The molecule has 1 atom stereocenters. The monoisotopic (exact) mass is 259 g/mol. The zero-order chi connectivity index (χ0) is 10.1. The van der Waals surface area contributed by atoms with Crippen molar-refractivity contribution >= 4 is 15.9 Å². The molecule has 0 N–H and O–H groups in total. The first kappa shape index (κ1) is 9.98. The standard InChI is InChI=1S/C9H14BrN3O/c1-12-4-3-7(12)6-14-8-5-11-13(2)9(8)10/h5,7H,3-4,6H2,1-2H3. The number of hydrogen-bond acceptors (Lipinski definition) is 3. The summed E-state index contributed by atoms with van der Waals surface area (Å²) in [5.74, 6) is 0.827. The van der Waals surface area contributed by atoms with Gasteiger partial charge < -0.3 is 4.74 Å². The third kappa shape index (κ3) is 1.79. The van der Waals surface area contributed by atoms with Crippen LogP contribution in [0.1, 0.15) is 6.42 Å². The minimum atomic E-state index is 0.571. The maximum absolute atomic E-state index is 5.66. The molecule has 1 fully saturated rings. The Hall–Kier alpha value is -0.550. The second-order valence-electron chi connectivity index (χ2n) is 3.66. The first-order valence-electron chi connectivity index (χ1n) is 4.69. The minimum Gasteiger partial charge on any atom is -0.487 e. The molecular formula is C9H14BrN3O. The van der Waals surface area contributed by atoms with Crippen LogP contribution in [-0.4, -0.2) is 40.9 Å². The molecule has 0 amide bonds. The highest BCUT2D eigenvalue weighted by Gasteiger charge is 2.24. The molecule has 1 aliphatic heterocycles. The average Bonchev–Trinajstić information content (AvgIpc) is 2.47. The lowest BCUT2D eigenvalue weighted by Crippen LogP contribution is -2.48. The van der Waals surface area contributed by atoms with E-state index in [1.165, 1.54) is 13.0 Å². The van der Waals surface area contributed by atoms with Crippen LogP contribution in [0.25, 0.3) is 0 Å². The zero-order valence-corrected chi connectivity index (χ0v) is 9.99. The van der Waals surface area contributed by atoms with Crippen molar-refractivity contribution in [1.82, 2.24) is 14.7 Å². The van der Waals surface area contributed by atoms with Crippen molar-refractivity contribution in [3.8, 4) is 5.75 Å². The number of likely N-dealkylation sites (N-methyl/N-ethyl adjacent to an activating group) is 1. The predicted molar refractivity (Wildman–Crippen MR) is 57.4 cm³/mol. The van der Waals surface area contributed by atoms with E-state index >= 15 is 0 Å². The van der Waals surface area contributed by atoms with Crippen molar-refractivity contribution in [2.24, 2.45) is 7.05 Å². The van der Waals surface area contributed by atoms with Crippen LogP contribution in [0.5, 0.6) is 5.75 Å². The van der Waals surface area contributed by atoms with Gasteiger partial charge in [0.1, 0.15) is 11.2 Å². The quantitative estimate of drug-likeness (QED) is 0.819. The molecule has 2 heterocycles. The highest BCUT2D eigenvalue weighted by Crippen LogP contribution is 2.24. The predicted octanol–water partition coefficient (Wildman–Crippen LogP) is 1.27. The second kappa shape index (κ2) is 3.90. The number of halogens is 1. The summed E-state index contributed by atoms with van der Waals surface area (Å²) >= 11 is 3.42. The Kier molecular flexibility index (Phi) is 2.78. The van der Waals surface area contributed by atoms with Gasteiger partial charge in [0, 0.05) is 13.1 Å². The van der Waals surface area contributed by atoms with Gasteiger partial charge in [-0.05, 0) is 35.9 Å². The highest BCUT2D eigenvalue weighted by molar-refractivity contribution is 9.10. The number of rotatable bonds is 3. The number of likely N-dealkylation sites (tertiary alicyclic amines) is 1. The van der Waals surface area contributed by atoms with E-state index in [4.69, 9.17) is 4.74 Å². The summed E-state index contributed by atoms with van der Waals surface area (Å²) in [6, 6.07) is 0.571. The Labute approximate surface area is 92.0 Å². The average molecular weight is 260 g/mol. The van der Waals surface area contributed by atoms with Crippen LogP contribution in [-0.2, 0) is 7.05 Å². The maximum atomic E-state index is 5.66. The van der Waals surface area contributed by atoms with Gasteiger partial charge in [0.2, 0.25) is 0 Å². The fourth-order valence-corrected chi connectivity index (χ4v) is 1.77. The number of nitrogens with zero attached hydrogens (tertiary/aromatic N) is 3. The van der Waals surface area contributed by atoms with Crippen LogP contribution in [0.4, 0.5) is 0 Å². The Morgan fingerprint density at radius 2 is 2.43 bits per heavy atom. The Morgan fingerprint density at radius 1 is 1.64 bits per heavy atom. The maximum Gasteiger partial charge on any atom is 0.171 e. The number of aryl methyl sites for hydroxylation is 1. The van der Waals surface area contributed by atoms with E-state index in [0.29, 0.717) is 6.04 Å². The fourth-order valence-electron chi connectivity index (χ4n) is 1.47. The summed E-state index contributed by atoms with van der Waals surface area (Å²) in [7, 11) is 4.00. The zero-order valence-electron chi connectivity index (χ0n) is 8.40. The lowest BCUT2D eigenvalue weighted by Gasteiger charge is -2.37. The number of aromatic nitrogens is 2. The fraction of sp³-hybridized carbons (Fsp3) is 0.667. The molecule has 0 aromatic carbocycles. The van der Waals surface area contributed by atoms with Crippen LogP contribution in [0, 0.1) is 0 Å². The first-order valence-corrected chi connectivity index (χ1v) is 5.48. The van der Waals surface area contributed by atoms with Crippen molar-refractivity contribution in [3.63, 3.8) is 0 Å². The number of ether oxygens (including phenoxy) is 1. The van der Waals surface area contributed by atoms with Gasteiger partial charge in [-0.15, -0.1) is 0 Å². The summed E-state index contributed by atoms with van der Waals surface area (Å²) in [6.45, 7) is 1.93. The van der Waals surface area contributed by atoms with E-state index in [0.717, 1.165) is 17.0 Å². The van der Waals surface area contributed by atoms with Gasteiger partial charge >= 0.3 is 0 Å². The lowest BCUT2D eigenvalue weighted by molar-refractivity contribution is 0.0765. The summed E-state index contributed by atoms with van der Waals surface area (Å²) in [5.41, 5.74) is 0. The van der Waals surface area contributed by atoms with E-state index in [-0.39, 0.29) is 0 Å². The minimum absolute atomic E-state index is 0.571. The van der Waals surface area contributed by atoms with Crippen LogP contribution in [0.3, 0.4) is 0 Å². The third-order valence-electron chi connectivity index (χ3n) is 2.71. The van der Waals surface area contributed by atoms with Crippen molar-refractivity contribution in [3.05, 3.63) is 10.8 Å². The molecule has 4 nitrogen and oxygen atoms in total. The molecule has 1 saturated heterocycles. The second-order valence-corrected chi connectivity index (χ2v) is 4.41. The van der Waals surface area contributed by atoms with Crippen LogP contribution in [0.2, 0.25) is 0 Å². The molecule has 2 rings (SSSR count). The molecule has 0 radical (unpaired) electrons. The van der Waals surface area contributed by atoms with Gasteiger partial charge in [-0.3, -0.25) is 9.58 Å². The van der Waals surface area contributed by atoms with E-state index in [1.807, 2.05) is 7.05 Å². The molecule has 14 heavy (non-hydrogen) atoms. The van der Waals surface area contributed by atoms with Crippen LogP contribution in [0.15, 0.2) is 10.8 Å². The molecule has 0 saturated carbocycles. The van der Waals surface area contributed by atoms with E-state index in [9.17, 15) is 0 Å². The van der Waals surface area contributed by atoms with Gasteiger partial charge in [-0.1, -0.05) is 0 Å². The molecule has 1 unspecified atom stereocenters. The topological polar surface area (TPSA) is 30.3 Å². The molecular weight excluding hydrogens is 246 g/mol. The van der Waals surface area contributed by atoms with Crippen molar-refractivity contribution < 1.29 is 4.74 Å². The molecule has 5 heteroatoms. The van der Waals surface area contributed by atoms with E-state index in [1.54, 1.807) is 10.9 Å². The SMILES string of the molecule is CN1CCC1COc1cnn(C)c1Br. The Balaban J connectivity index is 1.88. The van der Waals surface area contributed by atoms with Crippen LogP contribution >= 0.6 is 15.9 Å². The first-order chi connectivity index (χ1) is 6.68. The molecule has 1 aromatic rings. The summed E-state index contributed by atoms with van der Waals surface area (Å²) < 4.78 is 8.31. The Morgan fingerprint density at radius 3 is 2.86 bits per heavy atom. The lowest BCUT2D eigenvalue weighted by atomic mass is 10.1. The molecule has 78 valence electrons. The molecule has 0 bridgehead atoms. The van der Waals surface area contributed by atoms with Gasteiger partial charge in [0.15, 0.2) is 5.75 Å². The summed E-state index contributed by atoms with van der Waals surface area (Å²) in [4.78, 5) is 2.30. The van der Waals surface area contributed by atoms with Crippen molar-refractivity contribution in [1.29, 1.82) is 0 Å². The van der Waals surface area contributed by atoms with E-state index < -0.39 is 0 Å². The molecule has 1 aliphatic rings. The molecule has 0 aliphatic carbocycles. The van der Waals surface area contributed by atoms with Gasteiger partial charge in [-0.25, -0.2) is 0 Å².